The van der Waals surface area contributed by atoms with E-state index in [2.05, 4.69) is 15.1 Å². The van der Waals surface area contributed by atoms with Gasteiger partial charge in [-0.05, 0) is 57.0 Å². The molecule has 0 aromatic carbocycles. The second-order valence-corrected chi connectivity index (χ2v) is 7.96. The van der Waals surface area contributed by atoms with E-state index in [9.17, 15) is 4.79 Å². The number of nitrogens with zero attached hydrogens (tertiary/aromatic N) is 2. The molecule has 2 unspecified atom stereocenters. The topological polar surface area (TPSA) is 44.8 Å². The molecule has 4 rings (SSSR count). The average molecular weight is 321 g/mol. The first-order valence-corrected chi connectivity index (χ1v) is 9.60. The Morgan fingerprint density at radius 1 is 1.13 bits per heavy atom. The van der Waals surface area contributed by atoms with Crippen LogP contribution in [0.2, 0.25) is 0 Å². The third kappa shape index (κ3) is 3.28. The summed E-state index contributed by atoms with van der Waals surface area (Å²) in [7, 11) is 0. The van der Waals surface area contributed by atoms with Gasteiger partial charge in [-0.25, -0.2) is 0 Å². The number of morpholine rings is 1. The Labute approximate surface area is 139 Å². The lowest BCUT2D eigenvalue weighted by atomic mass is 9.91. The Morgan fingerprint density at radius 3 is 2.70 bits per heavy atom. The van der Waals surface area contributed by atoms with Crippen LogP contribution in [0, 0.1) is 11.3 Å². The standard InChI is InChI=1S/C18H31N3O2/c22-17(16-13-18(16)4-6-19-7-5-18)21-8-2-1-3-15(21)14-20-9-11-23-12-10-20/h15-16,19H,1-14H2. The second-order valence-electron chi connectivity index (χ2n) is 7.96. The van der Waals surface area contributed by atoms with Gasteiger partial charge in [0, 0.05) is 38.1 Å². The van der Waals surface area contributed by atoms with Crippen molar-refractivity contribution in [2.24, 2.45) is 11.3 Å². The lowest BCUT2D eigenvalue weighted by molar-refractivity contribution is -0.138. The first-order valence-electron chi connectivity index (χ1n) is 9.60. The summed E-state index contributed by atoms with van der Waals surface area (Å²) in [4.78, 5) is 17.9. The molecule has 3 aliphatic heterocycles. The SMILES string of the molecule is O=C(C1CC12CCNCC2)N1CCCCC1CN1CCOCC1. The molecule has 1 N–H and O–H groups in total. The summed E-state index contributed by atoms with van der Waals surface area (Å²) in [5.41, 5.74) is 0.364. The van der Waals surface area contributed by atoms with E-state index >= 15 is 0 Å². The van der Waals surface area contributed by atoms with E-state index in [0.717, 1.165) is 58.9 Å². The predicted octanol–water partition coefficient (Wildman–Crippen LogP) is 1.09. The molecule has 1 aliphatic carbocycles. The van der Waals surface area contributed by atoms with E-state index in [0.29, 0.717) is 23.3 Å². The van der Waals surface area contributed by atoms with Gasteiger partial charge in [0.1, 0.15) is 0 Å². The number of nitrogens with one attached hydrogen (secondary N) is 1. The van der Waals surface area contributed by atoms with Gasteiger partial charge >= 0.3 is 0 Å². The number of hydrogen-bond donors (Lipinski definition) is 1. The van der Waals surface area contributed by atoms with E-state index in [1.165, 1.54) is 32.1 Å². The Bertz CT molecular complexity index is 430. The molecule has 0 aromatic heterocycles. The van der Waals surface area contributed by atoms with Crippen LogP contribution in [0.4, 0.5) is 0 Å². The third-order valence-electron chi connectivity index (χ3n) is 6.57. The number of carbonyl (C=O) groups is 1. The number of hydrogen-bond acceptors (Lipinski definition) is 4. The molecule has 0 aromatic rings. The van der Waals surface area contributed by atoms with Crippen LogP contribution in [-0.2, 0) is 9.53 Å². The molecular formula is C18H31N3O2. The first-order chi connectivity index (χ1) is 11.3. The van der Waals surface area contributed by atoms with Crippen molar-refractivity contribution in [1.82, 2.24) is 15.1 Å². The van der Waals surface area contributed by atoms with Crippen LogP contribution >= 0.6 is 0 Å². The van der Waals surface area contributed by atoms with Crippen molar-refractivity contribution >= 4 is 5.91 Å². The number of rotatable bonds is 3. The summed E-state index contributed by atoms with van der Waals surface area (Å²) in [6, 6.07) is 0.439. The van der Waals surface area contributed by atoms with Crippen LogP contribution in [0.5, 0.6) is 0 Å². The van der Waals surface area contributed by atoms with Crippen molar-refractivity contribution in [3.8, 4) is 0 Å². The van der Waals surface area contributed by atoms with Crippen molar-refractivity contribution in [2.45, 2.75) is 44.6 Å². The molecule has 4 aliphatic rings. The predicted molar refractivity (Wildman–Crippen MR) is 89.3 cm³/mol. The molecule has 3 heterocycles. The van der Waals surface area contributed by atoms with Gasteiger partial charge in [-0.3, -0.25) is 9.69 Å². The van der Waals surface area contributed by atoms with Gasteiger partial charge < -0.3 is 15.0 Å². The molecule has 5 heteroatoms. The molecule has 23 heavy (non-hydrogen) atoms. The molecular weight excluding hydrogens is 290 g/mol. The Balaban J connectivity index is 1.38. The zero-order valence-corrected chi connectivity index (χ0v) is 14.3. The zero-order chi connectivity index (χ0) is 15.7. The van der Waals surface area contributed by atoms with Gasteiger partial charge in [0.15, 0.2) is 0 Å². The van der Waals surface area contributed by atoms with Gasteiger partial charge in [-0.15, -0.1) is 0 Å². The van der Waals surface area contributed by atoms with Crippen molar-refractivity contribution in [3.63, 3.8) is 0 Å². The van der Waals surface area contributed by atoms with Crippen LogP contribution in [0.3, 0.4) is 0 Å². The minimum Gasteiger partial charge on any atom is -0.379 e. The zero-order valence-electron chi connectivity index (χ0n) is 14.3. The maximum Gasteiger partial charge on any atom is 0.226 e. The summed E-state index contributed by atoms with van der Waals surface area (Å²) >= 11 is 0. The summed E-state index contributed by atoms with van der Waals surface area (Å²) in [5, 5.41) is 3.44. The van der Waals surface area contributed by atoms with Crippen molar-refractivity contribution in [2.75, 3.05) is 52.5 Å². The largest absolute Gasteiger partial charge is 0.379 e. The van der Waals surface area contributed by atoms with Crippen molar-refractivity contribution < 1.29 is 9.53 Å². The molecule has 0 radical (unpaired) electrons. The van der Waals surface area contributed by atoms with Crippen LogP contribution in [0.15, 0.2) is 0 Å². The fraction of sp³-hybridized carbons (Fsp3) is 0.944. The number of piperidine rings is 2. The van der Waals surface area contributed by atoms with Gasteiger partial charge in [-0.2, -0.15) is 0 Å². The fourth-order valence-electron chi connectivity index (χ4n) is 4.94. The van der Waals surface area contributed by atoms with Gasteiger partial charge in [-0.1, -0.05) is 0 Å². The van der Waals surface area contributed by atoms with Crippen molar-refractivity contribution in [3.05, 3.63) is 0 Å². The normalized spacial score (nSPS) is 34.5. The third-order valence-corrected chi connectivity index (χ3v) is 6.57. The molecule has 1 saturated carbocycles. The van der Waals surface area contributed by atoms with E-state index in [4.69, 9.17) is 4.74 Å². The van der Waals surface area contributed by atoms with E-state index in [-0.39, 0.29) is 0 Å². The number of likely N-dealkylation sites (tertiary alicyclic amines) is 1. The smallest absolute Gasteiger partial charge is 0.226 e. The lowest BCUT2D eigenvalue weighted by Gasteiger charge is -2.40. The highest BCUT2D eigenvalue weighted by Gasteiger charge is 2.59. The Hall–Kier alpha value is -0.650. The molecule has 0 bridgehead atoms. The molecule has 5 nitrogen and oxygen atoms in total. The highest BCUT2D eigenvalue weighted by Crippen LogP contribution is 2.59. The first kappa shape index (κ1) is 15.9. The summed E-state index contributed by atoms with van der Waals surface area (Å²) in [6.45, 7) is 7.98. The summed E-state index contributed by atoms with van der Waals surface area (Å²) in [6.07, 6.45) is 7.19. The maximum absolute atomic E-state index is 13.1. The molecule has 130 valence electrons. The summed E-state index contributed by atoms with van der Waals surface area (Å²) in [5.74, 6) is 0.805. The van der Waals surface area contributed by atoms with Crippen molar-refractivity contribution in [1.29, 1.82) is 0 Å². The number of carbonyl (C=O) groups excluding carboxylic acids is 1. The molecule has 1 spiro atoms. The molecule has 2 atom stereocenters. The van der Waals surface area contributed by atoms with Crippen LogP contribution in [0.25, 0.3) is 0 Å². The van der Waals surface area contributed by atoms with Crippen LogP contribution in [-0.4, -0.2) is 74.2 Å². The fourth-order valence-corrected chi connectivity index (χ4v) is 4.94. The number of amides is 1. The van der Waals surface area contributed by atoms with Gasteiger partial charge in [0.2, 0.25) is 5.91 Å². The Morgan fingerprint density at radius 2 is 1.91 bits per heavy atom. The van der Waals surface area contributed by atoms with Crippen LogP contribution in [0.1, 0.15) is 38.5 Å². The molecule has 4 fully saturated rings. The highest BCUT2D eigenvalue weighted by molar-refractivity contribution is 5.83. The minimum absolute atomic E-state index is 0.329. The lowest BCUT2D eigenvalue weighted by Crippen LogP contribution is -2.52. The Kier molecular flexibility index (Phi) is 4.61. The van der Waals surface area contributed by atoms with E-state index < -0.39 is 0 Å². The second kappa shape index (κ2) is 6.69. The summed E-state index contributed by atoms with van der Waals surface area (Å²) < 4.78 is 5.46. The monoisotopic (exact) mass is 321 g/mol. The highest BCUT2D eigenvalue weighted by atomic mass is 16.5. The van der Waals surface area contributed by atoms with E-state index in [1.54, 1.807) is 0 Å². The maximum atomic E-state index is 13.1. The minimum atomic E-state index is 0.329. The van der Waals surface area contributed by atoms with Gasteiger partial charge in [0.25, 0.3) is 0 Å². The number of ether oxygens (including phenoxy) is 1. The van der Waals surface area contributed by atoms with Gasteiger partial charge in [0.05, 0.1) is 13.2 Å². The quantitative estimate of drug-likeness (QED) is 0.845. The molecule has 3 saturated heterocycles. The molecule has 1 amide bonds. The average Bonchev–Trinajstić information content (AvgIpc) is 3.29. The van der Waals surface area contributed by atoms with E-state index in [1.807, 2.05) is 0 Å². The van der Waals surface area contributed by atoms with Crippen LogP contribution < -0.4 is 5.32 Å².